The smallest absolute Gasteiger partial charge is 0.200 e. The highest BCUT2D eigenvalue weighted by molar-refractivity contribution is 14.1. The molecule has 1 rings (SSSR count). The van der Waals surface area contributed by atoms with Gasteiger partial charge in [-0.1, -0.05) is 57.0 Å². The lowest BCUT2D eigenvalue weighted by atomic mass is 10.1. The van der Waals surface area contributed by atoms with Crippen molar-refractivity contribution in [3.8, 4) is 12.3 Å². The van der Waals surface area contributed by atoms with Crippen LogP contribution in [0.1, 0.15) is 57.9 Å². The molecule has 0 saturated heterocycles. The monoisotopic (exact) mass is 447 g/mol. The molecule has 1 unspecified atom stereocenters. The second kappa shape index (κ2) is 13.1. The predicted molar refractivity (Wildman–Crippen MR) is 106 cm³/mol. The molecule has 0 bridgehead atoms. The number of benzene rings is 1. The first-order valence-corrected chi connectivity index (χ1v) is 9.93. The van der Waals surface area contributed by atoms with E-state index in [1.807, 2.05) is 0 Å². The van der Waals surface area contributed by atoms with Crippen molar-refractivity contribution in [2.45, 2.75) is 63.0 Å². The summed E-state index contributed by atoms with van der Waals surface area (Å²) in [5.74, 6) is 3.04. The van der Waals surface area contributed by atoms with Gasteiger partial charge in [0.05, 0.1) is 13.1 Å². The fraction of sp³-hybridized carbons (Fsp3) is 0.600. The van der Waals surface area contributed by atoms with E-state index in [1.54, 1.807) is 0 Å². The molecule has 23 heavy (non-hydrogen) atoms. The number of terminal acetylenes is 1. The summed E-state index contributed by atoms with van der Waals surface area (Å²) in [6.07, 6.45) is 13.5. The first kappa shape index (κ1) is 22.8. The third-order valence-electron chi connectivity index (χ3n) is 4.37. The molecule has 0 aliphatic heterocycles. The van der Waals surface area contributed by atoms with Gasteiger partial charge in [0.15, 0.2) is 0 Å². The van der Waals surface area contributed by atoms with Gasteiger partial charge in [-0.25, -0.2) is 0 Å². The lowest BCUT2D eigenvalue weighted by Gasteiger charge is -2.41. The second-order valence-electron chi connectivity index (χ2n) is 6.23. The quantitative estimate of drug-likeness (QED) is 0.122. The second-order valence-corrected chi connectivity index (χ2v) is 7.41. The molecule has 0 saturated carbocycles. The van der Waals surface area contributed by atoms with Crippen LogP contribution in [0.3, 0.4) is 0 Å². The molecule has 0 fully saturated rings. The van der Waals surface area contributed by atoms with Gasteiger partial charge < -0.3 is 12.4 Å². The molecule has 3 heteroatoms. The maximum atomic E-state index is 5.85. The van der Waals surface area contributed by atoms with Gasteiger partial charge in [-0.15, -0.1) is 6.42 Å². The average Bonchev–Trinajstić information content (AvgIpc) is 2.55. The van der Waals surface area contributed by atoms with Gasteiger partial charge in [-0.2, -0.15) is 0 Å². The summed E-state index contributed by atoms with van der Waals surface area (Å²) in [7, 11) is 0. The van der Waals surface area contributed by atoms with E-state index in [2.05, 4.69) is 72.7 Å². The Labute approximate surface area is 163 Å². The molecule has 0 radical (unpaired) electrons. The summed E-state index contributed by atoms with van der Waals surface area (Å²) in [6, 6.07) is 10.9. The maximum absolute atomic E-state index is 5.85. The third-order valence-corrected chi connectivity index (χ3v) is 5.91. The third kappa shape index (κ3) is 7.92. The van der Waals surface area contributed by atoms with Crippen molar-refractivity contribution in [2.24, 2.45) is 0 Å². The predicted octanol–water partition coefficient (Wildman–Crippen LogP) is 2.78. The van der Waals surface area contributed by atoms with Crippen molar-refractivity contribution in [3.05, 3.63) is 35.9 Å². The standard InChI is InChI=1S/C20H31IN.ClH/c1-4-7-12-16-22(20(21)6-3,17-13-8-5-2)18-19-14-10-9-11-15-19;/h3,9-11,14-15,20H,4-5,7-8,12-13,16-18H2,1-2H3;1H/q+1;/p-1. The van der Waals surface area contributed by atoms with Crippen LogP contribution in [0, 0.1) is 12.3 Å². The molecule has 1 aromatic rings. The number of nitrogens with zero attached hydrogens (tertiary/aromatic N) is 1. The molecule has 0 heterocycles. The first-order chi connectivity index (χ1) is 10.7. The Morgan fingerprint density at radius 3 is 1.96 bits per heavy atom. The summed E-state index contributed by atoms with van der Waals surface area (Å²) in [6.45, 7) is 8.00. The molecule has 130 valence electrons. The Hall–Kier alpha value is -0.240. The van der Waals surface area contributed by atoms with E-state index in [9.17, 15) is 0 Å². The van der Waals surface area contributed by atoms with Gasteiger partial charge in [0.25, 0.3) is 0 Å². The van der Waals surface area contributed by atoms with Gasteiger partial charge in [0, 0.05) is 28.2 Å². The minimum absolute atomic E-state index is 0. The van der Waals surface area contributed by atoms with Crippen molar-refractivity contribution in [1.29, 1.82) is 0 Å². The van der Waals surface area contributed by atoms with Crippen LogP contribution in [0.2, 0.25) is 0 Å². The van der Waals surface area contributed by atoms with Crippen LogP contribution >= 0.6 is 22.6 Å². The lowest BCUT2D eigenvalue weighted by Crippen LogP contribution is -3.00. The summed E-state index contributed by atoms with van der Waals surface area (Å²) >= 11 is 2.49. The molecule has 1 nitrogen and oxygen atoms in total. The number of hydrogen-bond donors (Lipinski definition) is 0. The van der Waals surface area contributed by atoms with Crippen LogP contribution in [0.5, 0.6) is 0 Å². The van der Waals surface area contributed by atoms with Crippen LogP contribution < -0.4 is 12.4 Å². The minimum atomic E-state index is 0. The van der Waals surface area contributed by atoms with Crippen molar-refractivity contribution in [3.63, 3.8) is 0 Å². The van der Waals surface area contributed by atoms with Crippen molar-refractivity contribution in [1.82, 2.24) is 0 Å². The Kier molecular flexibility index (Phi) is 13.0. The van der Waals surface area contributed by atoms with Crippen molar-refractivity contribution >= 4 is 22.6 Å². The molecule has 0 amide bonds. The molecular weight excluding hydrogens is 417 g/mol. The summed E-state index contributed by atoms with van der Waals surface area (Å²) < 4.78 is 1.30. The zero-order valence-electron chi connectivity index (χ0n) is 14.6. The molecular formula is C20H31ClIN. The maximum Gasteiger partial charge on any atom is 0.200 e. The lowest BCUT2D eigenvalue weighted by molar-refractivity contribution is -0.940. The van der Waals surface area contributed by atoms with Crippen LogP contribution in [0.15, 0.2) is 30.3 Å². The average molecular weight is 448 g/mol. The number of unbranched alkanes of at least 4 members (excludes halogenated alkanes) is 4. The van der Waals surface area contributed by atoms with E-state index >= 15 is 0 Å². The fourth-order valence-corrected chi connectivity index (χ4v) is 3.79. The largest absolute Gasteiger partial charge is 1.00 e. The van der Waals surface area contributed by atoms with E-state index < -0.39 is 0 Å². The van der Waals surface area contributed by atoms with Crippen molar-refractivity contribution < 1.29 is 16.9 Å². The highest BCUT2D eigenvalue weighted by Gasteiger charge is 2.33. The number of quaternary nitrogens is 1. The van der Waals surface area contributed by atoms with E-state index in [4.69, 9.17) is 6.42 Å². The topological polar surface area (TPSA) is 0 Å². The Morgan fingerprint density at radius 1 is 1.00 bits per heavy atom. The van der Waals surface area contributed by atoms with E-state index in [0.717, 1.165) is 11.0 Å². The van der Waals surface area contributed by atoms with Gasteiger partial charge in [-0.05, 0) is 31.6 Å². The Morgan fingerprint density at radius 2 is 1.52 bits per heavy atom. The highest BCUT2D eigenvalue weighted by atomic mass is 127. The van der Waals surface area contributed by atoms with Gasteiger partial charge in [0.2, 0.25) is 4.05 Å². The molecule has 1 aromatic carbocycles. The van der Waals surface area contributed by atoms with Crippen LogP contribution in [-0.2, 0) is 6.54 Å². The van der Waals surface area contributed by atoms with Crippen molar-refractivity contribution in [2.75, 3.05) is 13.1 Å². The Bertz CT molecular complexity index is 431. The minimum Gasteiger partial charge on any atom is -1.00 e. The van der Waals surface area contributed by atoms with Gasteiger partial charge >= 0.3 is 0 Å². The molecule has 0 aromatic heterocycles. The highest BCUT2D eigenvalue weighted by Crippen LogP contribution is 2.26. The molecule has 0 aliphatic carbocycles. The van der Waals surface area contributed by atoms with E-state index in [0.29, 0.717) is 0 Å². The van der Waals surface area contributed by atoms with E-state index in [-0.39, 0.29) is 16.5 Å². The zero-order chi connectivity index (χ0) is 16.3. The van der Waals surface area contributed by atoms with Gasteiger partial charge in [0.1, 0.15) is 6.54 Å². The first-order valence-electron chi connectivity index (χ1n) is 8.68. The van der Waals surface area contributed by atoms with Crippen LogP contribution in [0.4, 0.5) is 0 Å². The summed E-state index contributed by atoms with van der Waals surface area (Å²) in [5.41, 5.74) is 1.41. The number of halogens is 2. The van der Waals surface area contributed by atoms with Crippen LogP contribution in [0.25, 0.3) is 0 Å². The fourth-order valence-electron chi connectivity index (χ4n) is 3.04. The molecule has 0 spiro atoms. The summed E-state index contributed by atoms with van der Waals surface area (Å²) in [4.78, 5) is 0. The van der Waals surface area contributed by atoms with E-state index in [1.165, 1.54) is 57.2 Å². The molecule has 0 N–H and O–H groups in total. The Balaban J connectivity index is 0.00000484. The molecule has 0 aliphatic rings. The number of rotatable bonds is 11. The molecule has 1 atom stereocenters. The number of alkyl halides is 1. The van der Waals surface area contributed by atoms with Gasteiger partial charge in [-0.3, -0.25) is 4.48 Å². The normalized spacial score (nSPS) is 12.3. The summed E-state index contributed by atoms with van der Waals surface area (Å²) in [5, 5.41) is 0. The van der Waals surface area contributed by atoms with Crippen LogP contribution in [-0.4, -0.2) is 21.6 Å². The number of hydrogen-bond acceptors (Lipinski definition) is 0. The SMILES string of the molecule is C#CC(I)[N+](CCCCC)(CCCCC)Cc1ccccc1.[Cl-]. The zero-order valence-corrected chi connectivity index (χ0v) is 17.5.